The van der Waals surface area contributed by atoms with Crippen LogP contribution in [0.1, 0.15) is 5.56 Å². The molecule has 12 heteroatoms. The van der Waals surface area contributed by atoms with Gasteiger partial charge in [0.25, 0.3) is 10.9 Å². The maximum absolute atomic E-state index is 12.0. The second kappa shape index (κ2) is 10.2. The fourth-order valence-electron chi connectivity index (χ4n) is 3.44. The molecule has 1 saturated heterocycles. The number of rotatable bonds is 7. The number of aliphatic carboxylic acids is 1. The zero-order valence-corrected chi connectivity index (χ0v) is 19.6. The molecule has 2 aromatic carbocycles. The number of hydrogen-bond acceptors (Lipinski definition) is 9. The summed E-state index contributed by atoms with van der Waals surface area (Å²) >= 11 is 6.68. The number of nitro benzene ring substituents is 1. The van der Waals surface area contributed by atoms with Crippen LogP contribution in [0.4, 0.5) is 11.4 Å². The molecule has 1 N–H and O–H groups in total. The molecule has 10 nitrogen and oxygen atoms in total. The van der Waals surface area contributed by atoms with E-state index in [1.807, 2.05) is 7.05 Å². The number of piperazine rings is 1. The summed E-state index contributed by atoms with van der Waals surface area (Å²) < 4.78 is 5.62. The van der Waals surface area contributed by atoms with Gasteiger partial charge in [0.05, 0.1) is 4.92 Å². The van der Waals surface area contributed by atoms with E-state index in [1.54, 1.807) is 30.3 Å². The number of benzene rings is 2. The minimum atomic E-state index is -1.22. The number of nitrogens with zero attached hydrogens (tertiary/aromatic N) is 5. The van der Waals surface area contributed by atoms with Crippen LogP contribution in [0.25, 0.3) is 17.5 Å². The van der Waals surface area contributed by atoms with Crippen molar-refractivity contribution >= 4 is 46.8 Å². The van der Waals surface area contributed by atoms with Crippen LogP contribution in [-0.2, 0) is 4.79 Å². The topological polar surface area (TPSA) is 126 Å². The molecule has 0 spiro atoms. The highest BCUT2D eigenvalue weighted by atomic mass is 35.5. The lowest BCUT2D eigenvalue weighted by Gasteiger charge is -2.34. The number of carboxylic acids is 1. The third-order valence-corrected chi connectivity index (χ3v) is 6.36. The summed E-state index contributed by atoms with van der Waals surface area (Å²) in [7, 11) is 2.02. The van der Waals surface area contributed by atoms with Crippen LogP contribution in [0, 0.1) is 10.1 Å². The number of aromatic nitrogens is 2. The maximum Gasteiger partial charge on any atom is 0.342 e. The van der Waals surface area contributed by atoms with Crippen molar-refractivity contribution < 1.29 is 19.2 Å². The van der Waals surface area contributed by atoms with E-state index in [4.69, 9.17) is 16.0 Å². The highest BCUT2D eigenvalue weighted by molar-refractivity contribution is 8.03. The number of carboxylic acid groups (broad SMARTS) is 1. The molecule has 0 amide bonds. The summed E-state index contributed by atoms with van der Waals surface area (Å²) in [4.78, 5) is 27.0. The number of likely N-dealkylation sites (N-methyl/N-ethyl adjacent to an activating group) is 1. The van der Waals surface area contributed by atoms with Gasteiger partial charge in [-0.3, -0.25) is 10.1 Å². The molecule has 0 unspecified atom stereocenters. The van der Waals surface area contributed by atoms with Gasteiger partial charge in [0.2, 0.25) is 5.89 Å². The molecule has 0 radical (unpaired) electrons. The minimum absolute atomic E-state index is 0.0326. The predicted octanol–water partition coefficient (Wildman–Crippen LogP) is 4.27. The lowest BCUT2D eigenvalue weighted by atomic mass is 10.1. The Kier molecular flexibility index (Phi) is 7.15. The van der Waals surface area contributed by atoms with Crippen molar-refractivity contribution in [2.24, 2.45) is 0 Å². The van der Waals surface area contributed by atoms with Crippen LogP contribution >= 0.6 is 23.4 Å². The van der Waals surface area contributed by atoms with Crippen molar-refractivity contribution in [1.82, 2.24) is 15.1 Å². The van der Waals surface area contributed by atoms with Gasteiger partial charge in [-0.1, -0.05) is 11.6 Å². The van der Waals surface area contributed by atoms with Crippen molar-refractivity contribution in [3.63, 3.8) is 0 Å². The Morgan fingerprint density at radius 3 is 2.53 bits per heavy atom. The van der Waals surface area contributed by atoms with Gasteiger partial charge < -0.3 is 19.3 Å². The number of hydrogen-bond donors (Lipinski definition) is 1. The van der Waals surface area contributed by atoms with Gasteiger partial charge in [-0.2, -0.15) is 0 Å². The smallest absolute Gasteiger partial charge is 0.342 e. The van der Waals surface area contributed by atoms with Crippen LogP contribution in [0.5, 0.6) is 0 Å². The minimum Gasteiger partial charge on any atom is -0.477 e. The van der Waals surface area contributed by atoms with Crippen molar-refractivity contribution in [3.8, 4) is 11.5 Å². The summed E-state index contributed by atoms with van der Waals surface area (Å²) in [6, 6.07) is 11.2. The van der Waals surface area contributed by atoms with Crippen molar-refractivity contribution in [2.45, 2.75) is 5.22 Å². The van der Waals surface area contributed by atoms with E-state index in [-0.39, 0.29) is 21.7 Å². The summed E-state index contributed by atoms with van der Waals surface area (Å²) in [6.07, 6.45) is 1.40. The van der Waals surface area contributed by atoms with Crippen LogP contribution in [0.15, 0.2) is 57.0 Å². The quantitative estimate of drug-likeness (QED) is 0.217. The summed E-state index contributed by atoms with van der Waals surface area (Å²) in [5.41, 5.74) is 1.67. The monoisotopic (exact) mass is 501 g/mol. The van der Waals surface area contributed by atoms with Gasteiger partial charge in [0.15, 0.2) is 0 Å². The van der Waals surface area contributed by atoms with Crippen molar-refractivity contribution in [3.05, 3.63) is 68.1 Å². The molecule has 4 rings (SSSR count). The zero-order valence-electron chi connectivity index (χ0n) is 18.0. The standard InChI is InChI=1S/C22H20ClN5O5S/c1-26-8-10-27(11-9-26)18-7-6-17(28(31)32)12-15(18)13-19(21(29)30)34-22-25-24-20(33-22)14-2-4-16(23)5-3-14/h2-7,12-13H,8-11H2,1H3,(H,29,30)/b19-13+. The maximum atomic E-state index is 12.0. The number of thioether (sulfide) groups is 1. The average molecular weight is 502 g/mol. The van der Waals surface area contributed by atoms with Gasteiger partial charge in [0, 0.05) is 60.1 Å². The molecular weight excluding hydrogens is 482 g/mol. The van der Waals surface area contributed by atoms with E-state index in [9.17, 15) is 20.0 Å². The summed E-state index contributed by atoms with van der Waals surface area (Å²) in [5.74, 6) is -0.996. The number of halogens is 1. The van der Waals surface area contributed by atoms with Gasteiger partial charge in [-0.25, -0.2) is 4.79 Å². The second-order valence-electron chi connectivity index (χ2n) is 7.59. The molecule has 34 heavy (non-hydrogen) atoms. The number of non-ortho nitro benzene ring substituents is 1. The number of carbonyl (C=O) groups is 1. The highest BCUT2D eigenvalue weighted by Gasteiger charge is 2.21. The van der Waals surface area contributed by atoms with Crippen LogP contribution in [0.2, 0.25) is 5.02 Å². The first kappa shape index (κ1) is 23.7. The molecule has 1 aliphatic rings. The first-order valence-electron chi connectivity index (χ1n) is 10.2. The molecule has 176 valence electrons. The third kappa shape index (κ3) is 5.56. The van der Waals surface area contributed by atoms with Crippen LogP contribution < -0.4 is 4.90 Å². The average Bonchev–Trinajstić information content (AvgIpc) is 3.28. The van der Waals surface area contributed by atoms with Gasteiger partial charge in [-0.05, 0) is 55.2 Å². The molecule has 1 fully saturated rings. The van der Waals surface area contributed by atoms with E-state index in [0.717, 1.165) is 43.6 Å². The number of anilines is 1. The third-order valence-electron chi connectivity index (χ3n) is 5.26. The Labute approximate surface area is 204 Å². The van der Waals surface area contributed by atoms with Gasteiger partial charge in [0.1, 0.15) is 4.91 Å². The molecule has 3 aromatic rings. The Morgan fingerprint density at radius 2 is 1.88 bits per heavy atom. The predicted molar refractivity (Wildman–Crippen MR) is 129 cm³/mol. The summed E-state index contributed by atoms with van der Waals surface area (Å²) in [6.45, 7) is 3.10. The Morgan fingerprint density at radius 1 is 1.18 bits per heavy atom. The molecule has 2 heterocycles. The van der Waals surface area contributed by atoms with E-state index in [0.29, 0.717) is 16.1 Å². The summed E-state index contributed by atoms with van der Waals surface area (Å²) in [5, 5.41) is 29.7. The molecule has 0 atom stereocenters. The molecule has 0 saturated carbocycles. The van der Waals surface area contributed by atoms with E-state index in [1.165, 1.54) is 18.2 Å². The first-order valence-corrected chi connectivity index (χ1v) is 11.4. The highest BCUT2D eigenvalue weighted by Crippen LogP contribution is 2.34. The molecule has 0 aliphatic carbocycles. The Balaban J connectivity index is 1.66. The molecule has 0 bridgehead atoms. The number of nitro groups is 1. The normalized spacial score (nSPS) is 14.9. The van der Waals surface area contributed by atoms with Crippen LogP contribution in [0.3, 0.4) is 0 Å². The van der Waals surface area contributed by atoms with E-state index in [2.05, 4.69) is 20.0 Å². The zero-order chi connectivity index (χ0) is 24.2. The molecule has 1 aliphatic heterocycles. The van der Waals surface area contributed by atoms with E-state index < -0.39 is 10.9 Å². The van der Waals surface area contributed by atoms with Gasteiger partial charge >= 0.3 is 5.97 Å². The molecule has 1 aromatic heterocycles. The fraction of sp³-hybridized carbons (Fsp3) is 0.227. The Bertz CT molecular complexity index is 1240. The Hall–Kier alpha value is -3.41. The van der Waals surface area contributed by atoms with Crippen molar-refractivity contribution in [2.75, 3.05) is 38.1 Å². The second-order valence-corrected chi connectivity index (χ2v) is 9.02. The first-order chi connectivity index (χ1) is 16.3. The lowest BCUT2D eigenvalue weighted by molar-refractivity contribution is -0.384. The largest absolute Gasteiger partial charge is 0.477 e. The lowest BCUT2D eigenvalue weighted by Crippen LogP contribution is -2.44. The van der Waals surface area contributed by atoms with Gasteiger partial charge in [-0.15, -0.1) is 10.2 Å². The van der Waals surface area contributed by atoms with E-state index >= 15 is 0 Å². The fourth-order valence-corrected chi connectivity index (χ4v) is 4.23. The van der Waals surface area contributed by atoms with Crippen molar-refractivity contribution in [1.29, 1.82) is 0 Å². The SMILES string of the molecule is CN1CCN(c2ccc([N+](=O)[O-])cc2/C=C(/Sc2nnc(-c3ccc(Cl)cc3)o2)C(=O)O)CC1. The van der Waals surface area contributed by atoms with Crippen LogP contribution in [-0.4, -0.2) is 64.3 Å². The molecular formula is C22H20ClN5O5S.